The first-order valence-corrected chi connectivity index (χ1v) is 8.38. The third kappa shape index (κ3) is 2.79. The molecule has 0 fully saturated rings. The van der Waals surface area contributed by atoms with Crippen LogP contribution in [0.3, 0.4) is 0 Å². The molecule has 0 aliphatic carbocycles. The van der Waals surface area contributed by atoms with Crippen LogP contribution in [0.2, 0.25) is 5.02 Å². The van der Waals surface area contributed by atoms with Crippen molar-refractivity contribution in [2.75, 3.05) is 0 Å². The number of nitrogens with zero attached hydrogens (tertiary/aromatic N) is 1. The summed E-state index contributed by atoms with van der Waals surface area (Å²) in [5.41, 5.74) is 3.36. The number of hydrogen-bond acceptors (Lipinski definition) is 2. The molecular weight excluding hydrogens is 341 g/mol. The summed E-state index contributed by atoms with van der Waals surface area (Å²) in [6.07, 6.45) is 0. The fourth-order valence-corrected chi connectivity index (χ4v) is 3.13. The number of halogens is 2. The lowest BCUT2D eigenvalue weighted by Crippen LogP contribution is -2.09. The number of fused-ring (bicyclic) bond motifs is 2. The van der Waals surface area contributed by atoms with E-state index in [1.165, 1.54) is 0 Å². The third-order valence-corrected chi connectivity index (χ3v) is 4.60. The fourth-order valence-electron chi connectivity index (χ4n) is 2.69. The van der Waals surface area contributed by atoms with Gasteiger partial charge in [-0.2, -0.15) is 0 Å². The van der Waals surface area contributed by atoms with Crippen LogP contribution in [0.4, 0.5) is 5.69 Å². The van der Waals surface area contributed by atoms with Crippen molar-refractivity contribution >= 4 is 34.6 Å². The summed E-state index contributed by atoms with van der Waals surface area (Å²) in [5.74, 6) is 1.47. The van der Waals surface area contributed by atoms with Crippen molar-refractivity contribution in [2.24, 2.45) is 4.99 Å². The van der Waals surface area contributed by atoms with E-state index < -0.39 is 5.38 Å². The fraction of sp³-hybridized carbons (Fsp3) is 0.0500. The van der Waals surface area contributed by atoms with E-state index in [0.717, 1.165) is 34.0 Å². The van der Waals surface area contributed by atoms with Crippen molar-refractivity contribution in [1.82, 2.24) is 0 Å². The zero-order valence-corrected chi connectivity index (χ0v) is 14.1. The Hall–Kier alpha value is -2.29. The van der Waals surface area contributed by atoms with E-state index in [-0.39, 0.29) is 0 Å². The minimum atomic E-state index is -0.404. The van der Waals surface area contributed by atoms with Crippen LogP contribution in [0.5, 0.6) is 11.5 Å². The van der Waals surface area contributed by atoms with E-state index in [1.54, 1.807) is 0 Å². The molecule has 1 aliphatic heterocycles. The molecule has 1 heterocycles. The molecule has 1 atom stereocenters. The lowest BCUT2D eigenvalue weighted by Gasteiger charge is -2.14. The van der Waals surface area contributed by atoms with E-state index in [2.05, 4.69) is 0 Å². The lowest BCUT2D eigenvalue weighted by molar-refractivity contribution is 0.485. The Morgan fingerprint density at radius 2 is 1.46 bits per heavy atom. The Kier molecular flexibility index (Phi) is 4.01. The van der Waals surface area contributed by atoms with E-state index >= 15 is 0 Å². The molecule has 0 saturated carbocycles. The molecular formula is C20H13Cl2NO. The van der Waals surface area contributed by atoms with Gasteiger partial charge in [-0.3, -0.25) is 0 Å². The smallest absolute Gasteiger partial charge is 0.153 e. The topological polar surface area (TPSA) is 21.6 Å². The molecule has 1 unspecified atom stereocenters. The molecule has 0 amide bonds. The third-order valence-electron chi connectivity index (χ3n) is 3.89. The predicted molar refractivity (Wildman–Crippen MR) is 99.2 cm³/mol. The first-order valence-electron chi connectivity index (χ1n) is 7.57. The number of aliphatic imine (C=N–C) groups is 1. The SMILES string of the molecule is Clc1ccc(C(Cl)C2=Nc3ccccc3Oc3ccccc32)cc1. The van der Waals surface area contributed by atoms with Crippen LogP contribution < -0.4 is 4.74 Å². The zero-order chi connectivity index (χ0) is 16.5. The number of alkyl halides is 1. The number of benzene rings is 3. The van der Waals surface area contributed by atoms with Gasteiger partial charge in [0, 0.05) is 10.6 Å². The maximum Gasteiger partial charge on any atom is 0.153 e. The minimum absolute atomic E-state index is 0.404. The van der Waals surface area contributed by atoms with Crippen molar-refractivity contribution < 1.29 is 4.74 Å². The highest BCUT2D eigenvalue weighted by atomic mass is 35.5. The first kappa shape index (κ1) is 15.3. The van der Waals surface area contributed by atoms with Crippen molar-refractivity contribution in [2.45, 2.75) is 5.38 Å². The average Bonchev–Trinajstić information content (AvgIpc) is 2.78. The molecule has 118 valence electrons. The van der Waals surface area contributed by atoms with Crippen LogP contribution in [-0.4, -0.2) is 5.71 Å². The van der Waals surface area contributed by atoms with Crippen LogP contribution in [0.15, 0.2) is 77.8 Å². The van der Waals surface area contributed by atoms with Crippen LogP contribution in [0.25, 0.3) is 0 Å². The maximum atomic E-state index is 6.77. The highest BCUT2D eigenvalue weighted by Crippen LogP contribution is 2.41. The molecule has 4 rings (SSSR count). The zero-order valence-electron chi connectivity index (χ0n) is 12.6. The molecule has 0 aromatic heterocycles. The van der Waals surface area contributed by atoms with Crippen molar-refractivity contribution in [1.29, 1.82) is 0 Å². The second kappa shape index (κ2) is 6.31. The molecule has 1 aliphatic rings. The highest BCUT2D eigenvalue weighted by molar-refractivity contribution is 6.36. The van der Waals surface area contributed by atoms with Crippen molar-refractivity contribution in [3.63, 3.8) is 0 Å². The van der Waals surface area contributed by atoms with Gasteiger partial charge in [-0.05, 0) is 42.0 Å². The van der Waals surface area contributed by atoms with Gasteiger partial charge in [0.25, 0.3) is 0 Å². The Labute approximate surface area is 150 Å². The summed E-state index contributed by atoms with van der Waals surface area (Å²) in [7, 11) is 0. The summed E-state index contributed by atoms with van der Waals surface area (Å²) in [4.78, 5) is 4.81. The first-order chi connectivity index (χ1) is 11.7. The lowest BCUT2D eigenvalue weighted by atomic mass is 10.0. The molecule has 24 heavy (non-hydrogen) atoms. The van der Waals surface area contributed by atoms with Gasteiger partial charge in [-0.15, -0.1) is 11.6 Å². The largest absolute Gasteiger partial charge is 0.454 e. The maximum absolute atomic E-state index is 6.77. The Morgan fingerprint density at radius 3 is 2.25 bits per heavy atom. The van der Waals surface area contributed by atoms with Gasteiger partial charge in [-0.1, -0.05) is 48.0 Å². The number of ether oxygens (including phenoxy) is 1. The van der Waals surface area contributed by atoms with Crippen LogP contribution in [0, 0.1) is 0 Å². The molecule has 2 nitrogen and oxygen atoms in total. The van der Waals surface area contributed by atoms with E-state index in [0.29, 0.717) is 5.02 Å². The van der Waals surface area contributed by atoms with Gasteiger partial charge in [0.1, 0.15) is 16.8 Å². The molecule has 4 heteroatoms. The minimum Gasteiger partial charge on any atom is -0.454 e. The van der Waals surface area contributed by atoms with Crippen molar-refractivity contribution in [3.05, 3.63) is 88.9 Å². The molecule has 0 spiro atoms. The standard InChI is InChI=1S/C20H13Cl2NO/c21-14-11-9-13(10-12-14)19(22)20-15-5-1-3-7-17(15)24-18-8-4-2-6-16(18)23-20/h1-12,19H. The predicted octanol–water partition coefficient (Wildman–Crippen LogP) is 6.55. The second-order valence-electron chi connectivity index (χ2n) is 5.48. The monoisotopic (exact) mass is 353 g/mol. The van der Waals surface area contributed by atoms with Crippen LogP contribution in [0.1, 0.15) is 16.5 Å². The van der Waals surface area contributed by atoms with Gasteiger partial charge in [0.2, 0.25) is 0 Å². The molecule has 3 aromatic carbocycles. The van der Waals surface area contributed by atoms with Gasteiger partial charge in [0.15, 0.2) is 5.75 Å². The van der Waals surface area contributed by atoms with Gasteiger partial charge in [-0.25, -0.2) is 4.99 Å². The highest BCUT2D eigenvalue weighted by Gasteiger charge is 2.24. The Balaban J connectivity index is 1.88. The Bertz CT molecular complexity index is 919. The molecule has 0 radical (unpaired) electrons. The number of rotatable bonds is 2. The summed E-state index contributed by atoms with van der Waals surface area (Å²) in [6.45, 7) is 0. The Morgan fingerprint density at radius 1 is 0.792 bits per heavy atom. The van der Waals surface area contributed by atoms with Gasteiger partial charge >= 0.3 is 0 Å². The molecule has 0 bridgehead atoms. The van der Waals surface area contributed by atoms with E-state index in [4.69, 9.17) is 32.9 Å². The quantitative estimate of drug-likeness (QED) is 0.479. The summed E-state index contributed by atoms with van der Waals surface area (Å²) in [6, 6.07) is 23.0. The molecule has 0 N–H and O–H groups in total. The summed E-state index contributed by atoms with van der Waals surface area (Å²) in [5, 5.41) is 0.276. The summed E-state index contributed by atoms with van der Waals surface area (Å²) < 4.78 is 6.04. The molecule has 3 aromatic rings. The average molecular weight is 354 g/mol. The second-order valence-corrected chi connectivity index (χ2v) is 6.35. The van der Waals surface area contributed by atoms with Crippen molar-refractivity contribution in [3.8, 4) is 11.5 Å². The summed E-state index contributed by atoms with van der Waals surface area (Å²) >= 11 is 12.8. The van der Waals surface area contributed by atoms with E-state index in [1.807, 2.05) is 72.8 Å². The normalized spacial score (nSPS) is 13.8. The van der Waals surface area contributed by atoms with Crippen LogP contribution >= 0.6 is 23.2 Å². The number of hydrogen-bond donors (Lipinski definition) is 0. The number of para-hydroxylation sites is 3. The van der Waals surface area contributed by atoms with E-state index in [9.17, 15) is 0 Å². The van der Waals surface area contributed by atoms with Crippen LogP contribution in [-0.2, 0) is 0 Å². The van der Waals surface area contributed by atoms with Gasteiger partial charge in [0.05, 0.1) is 5.71 Å². The molecule has 0 saturated heterocycles. The van der Waals surface area contributed by atoms with Gasteiger partial charge < -0.3 is 4.74 Å².